The Hall–Kier alpha value is -0.610. The molecule has 0 aromatic rings. The van der Waals surface area contributed by atoms with E-state index in [1.165, 1.54) is 25.7 Å². The number of amides is 1. The monoisotopic (exact) mass is 239 g/mol. The van der Waals surface area contributed by atoms with Gasteiger partial charge in [0.1, 0.15) is 0 Å². The summed E-state index contributed by atoms with van der Waals surface area (Å²) in [6.45, 7) is 7.57. The number of hydrogen-bond donors (Lipinski definition) is 2. The molecule has 1 heterocycles. The second kappa shape index (κ2) is 5.36. The van der Waals surface area contributed by atoms with E-state index in [4.69, 9.17) is 0 Å². The van der Waals surface area contributed by atoms with Crippen molar-refractivity contribution in [2.24, 2.45) is 0 Å². The van der Waals surface area contributed by atoms with E-state index in [2.05, 4.69) is 10.6 Å². The lowest BCUT2D eigenvalue weighted by Crippen LogP contribution is -2.59. The van der Waals surface area contributed by atoms with E-state index < -0.39 is 5.54 Å². The maximum atomic E-state index is 12.4. The van der Waals surface area contributed by atoms with Crippen LogP contribution in [0.1, 0.15) is 39.5 Å². The van der Waals surface area contributed by atoms with E-state index in [0.29, 0.717) is 6.04 Å². The molecule has 0 aromatic heterocycles. The third-order valence-electron chi connectivity index (χ3n) is 3.86. The Kier molecular flexibility index (Phi) is 4.05. The van der Waals surface area contributed by atoms with Gasteiger partial charge in [-0.2, -0.15) is 0 Å². The Morgan fingerprint density at radius 3 is 2.41 bits per heavy atom. The van der Waals surface area contributed by atoms with Crippen LogP contribution < -0.4 is 10.6 Å². The zero-order valence-corrected chi connectivity index (χ0v) is 11.1. The van der Waals surface area contributed by atoms with Crippen LogP contribution in [-0.2, 0) is 4.79 Å². The molecule has 2 fully saturated rings. The first-order valence-electron chi connectivity index (χ1n) is 6.87. The van der Waals surface area contributed by atoms with Crippen molar-refractivity contribution < 1.29 is 4.79 Å². The molecule has 2 N–H and O–H groups in total. The first kappa shape index (κ1) is 12.8. The highest BCUT2D eigenvalue weighted by Crippen LogP contribution is 2.21. The number of nitrogens with one attached hydrogen (secondary N) is 2. The SMILES string of the molecule is CC(C)(NC1CCCC1)C(=O)N1CCNCC1. The lowest BCUT2D eigenvalue weighted by Gasteiger charge is -2.36. The molecular weight excluding hydrogens is 214 g/mol. The van der Waals surface area contributed by atoms with E-state index in [1.807, 2.05) is 18.7 Å². The summed E-state index contributed by atoms with van der Waals surface area (Å²) >= 11 is 0. The molecule has 0 spiro atoms. The van der Waals surface area contributed by atoms with Crippen molar-refractivity contribution in [3.05, 3.63) is 0 Å². The van der Waals surface area contributed by atoms with E-state index in [0.717, 1.165) is 26.2 Å². The second-order valence-electron chi connectivity index (χ2n) is 5.79. The standard InChI is InChI=1S/C13H25N3O/c1-13(2,15-11-5-3-4-6-11)12(17)16-9-7-14-8-10-16/h11,14-15H,3-10H2,1-2H3. The van der Waals surface area contributed by atoms with Gasteiger partial charge in [-0.1, -0.05) is 12.8 Å². The minimum Gasteiger partial charge on any atom is -0.339 e. The fourth-order valence-electron chi connectivity index (χ4n) is 2.91. The normalized spacial score (nSPS) is 23.1. The van der Waals surface area contributed by atoms with Crippen LogP contribution in [0, 0.1) is 0 Å². The van der Waals surface area contributed by atoms with Crippen molar-refractivity contribution in [2.45, 2.75) is 51.1 Å². The zero-order chi connectivity index (χ0) is 12.3. The summed E-state index contributed by atoms with van der Waals surface area (Å²) in [4.78, 5) is 14.4. The van der Waals surface area contributed by atoms with Crippen molar-refractivity contribution in [1.82, 2.24) is 15.5 Å². The number of carbonyl (C=O) groups excluding carboxylic acids is 1. The molecule has 0 radical (unpaired) electrons. The summed E-state index contributed by atoms with van der Waals surface area (Å²) in [6.07, 6.45) is 5.04. The number of carbonyl (C=O) groups is 1. The molecule has 4 nitrogen and oxygen atoms in total. The van der Waals surface area contributed by atoms with Crippen LogP contribution in [-0.4, -0.2) is 48.6 Å². The number of piperazine rings is 1. The van der Waals surface area contributed by atoms with Crippen LogP contribution in [0.2, 0.25) is 0 Å². The molecule has 1 amide bonds. The predicted octanol–water partition coefficient (Wildman–Crippen LogP) is 0.729. The van der Waals surface area contributed by atoms with E-state index in [-0.39, 0.29) is 5.91 Å². The minimum absolute atomic E-state index is 0.255. The predicted molar refractivity (Wildman–Crippen MR) is 68.9 cm³/mol. The van der Waals surface area contributed by atoms with Gasteiger partial charge in [0.05, 0.1) is 5.54 Å². The van der Waals surface area contributed by atoms with E-state index in [9.17, 15) is 4.79 Å². The third kappa shape index (κ3) is 3.19. The van der Waals surface area contributed by atoms with Gasteiger partial charge in [-0.3, -0.25) is 4.79 Å². The number of nitrogens with zero attached hydrogens (tertiary/aromatic N) is 1. The summed E-state index contributed by atoms with van der Waals surface area (Å²) < 4.78 is 0. The molecule has 0 unspecified atom stereocenters. The van der Waals surface area contributed by atoms with E-state index in [1.54, 1.807) is 0 Å². The van der Waals surface area contributed by atoms with Crippen LogP contribution in [0.3, 0.4) is 0 Å². The molecular formula is C13H25N3O. The Labute approximate surface area is 104 Å². The van der Waals surface area contributed by atoms with Crippen LogP contribution in [0.5, 0.6) is 0 Å². The van der Waals surface area contributed by atoms with Crippen molar-refractivity contribution in [3.8, 4) is 0 Å². The summed E-state index contributed by atoms with van der Waals surface area (Å²) in [5.41, 5.74) is -0.410. The van der Waals surface area contributed by atoms with Crippen LogP contribution in [0.25, 0.3) is 0 Å². The average molecular weight is 239 g/mol. The van der Waals surface area contributed by atoms with Crippen LogP contribution >= 0.6 is 0 Å². The molecule has 4 heteroatoms. The molecule has 0 atom stereocenters. The van der Waals surface area contributed by atoms with Gasteiger partial charge in [0.15, 0.2) is 0 Å². The van der Waals surface area contributed by atoms with Gasteiger partial charge in [-0.25, -0.2) is 0 Å². The van der Waals surface area contributed by atoms with E-state index >= 15 is 0 Å². The van der Waals surface area contributed by atoms with Gasteiger partial charge in [-0.15, -0.1) is 0 Å². The molecule has 2 aliphatic rings. The minimum atomic E-state index is -0.410. The third-order valence-corrected chi connectivity index (χ3v) is 3.86. The van der Waals surface area contributed by atoms with Gasteiger partial charge in [0, 0.05) is 32.2 Å². The summed E-state index contributed by atoms with van der Waals surface area (Å²) in [5.74, 6) is 0.255. The lowest BCUT2D eigenvalue weighted by molar-refractivity contribution is -0.138. The molecule has 1 aliphatic heterocycles. The summed E-state index contributed by atoms with van der Waals surface area (Å²) in [5, 5.41) is 6.82. The maximum absolute atomic E-state index is 12.4. The Morgan fingerprint density at radius 2 is 1.82 bits per heavy atom. The van der Waals surface area contributed by atoms with Gasteiger partial charge < -0.3 is 15.5 Å². The Balaban J connectivity index is 1.90. The highest BCUT2D eigenvalue weighted by molar-refractivity contribution is 5.85. The van der Waals surface area contributed by atoms with Crippen molar-refractivity contribution in [3.63, 3.8) is 0 Å². The fourth-order valence-corrected chi connectivity index (χ4v) is 2.91. The molecule has 98 valence electrons. The first-order valence-corrected chi connectivity index (χ1v) is 6.87. The van der Waals surface area contributed by atoms with Gasteiger partial charge >= 0.3 is 0 Å². The Morgan fingerprint density at radius 1 is 1.24 bits per heavy atom. The maximum Gasteiger partial charge on any atom is 0.242 e. The first-order chi connectivity index (χ1) is 8.09. The summed E-state index contributed by atoms with van der Waals surface area (Å²) in [7, 11) is 0. The second-order valence-corrected chi connectivity index (χ2v) is 5.79. The van der Waals surface area contributed by atoms with Gasteiger partial charge in [-0.05, 0) is 26.7 Å². The van der Waals surface area contributed by atoms with Crippen molar-refractivity contribution in [2.75, 3.05) is 26.2 Å². The fraction of sp³-hybridized carbons (Fsp3) is 0.923. The summed E-state index contributed by atoms with van der Waals surface area (Å²) in [6, 6.07) is 0.539. The molecule has 1 saturated heterocycles. The van der Waals surface area contributed by atoms with Crippen molar-refractivity contribution >= 4 is 5.91 Å². The van der Waals surface area contributed by atoms with Crippen molar-refractivity contribution in [1.29, 1.82) is 0 Å². The smallest absolute Gasteiger partial charge is 0.242 e. The largest absolute Gasteiger partial charge is 0.339 e. The highest BCUT2D eigenvalue weighted by atomic mass is 16.2. The highest BCUT2D eigenvalue weighted by Gasteiger charge is 2.34. The lowest BCUT2D eigenvalue weighted by atomic mass is 10.0. The van der Waals surface area contributed by atoms with Gasteiger partial charge in [0.25, 0.3) is 0 Å². The molecule has 1 saturated carbocycles. The van der Waals surface area contributed by atoms with Gasteiger partial charge in [0.2, 0.25) is 5.91 Å². The zero-order valence-electron chi connectivity index (χ0n) is 11.1. The molecule has 1 aliphatic carbocycles. The molecule has 0 aromatic carbocycles. The Bertz CT molecular complexity index is 266. The number of hydrogen-bond acceptors (Lipinski definition) is 3. The van der Waals surface area contributed by atoms with Crippen LogP contribution in [0.4, 0.5) is 0 Å². The molecule has 17 heavy (non-hydrogen) atoms. The van der Waals surface area contributed by atoms with Crippen LogP contribution in [0.15, 0.2) is 0 Å². The quantitative estimate of drug-likeness (QED) is 0.763. The average Bonchev–Trinajstić information content (AvgIpc) is 2.81. The molecule has 0 bridgehead atoms. The topological polar surface area (TPSA) is 44.4 Å². The molecule has 2 rings (SSSR count). The number of rotatable bonds is 3.